The topological polar surface area (TPSA) is 27.2 Å². The van der Waals surface area contributed by atoms with Crippen LogP contribution in [-0.2, 0) is 0 Å². The van der Waals surface area contributed by atoms with E-state index in [1.807, 2.05) is 6.20 Å². The Labute approximate surface area is 246 Å². The van der Waals surface area contributed by atoms with Crippen molar-refractivity contribution in [2.24, 2.45) is 0 Å². The van der Waals surface area contributed by atoms with Gasteiger partial charge in [0.1, 0.15) is 5.65 Å². The van der Waals surface area contributed by atoms with E-state index in [4.69, 9.17) is 4.98 Å². The van der Waals surface area contributed by atoms with Crippen molar-refractivity contribution < 1.29 is 0 Å². The molecule has 0 saturated carbocycles. The molecule has 200 valence electrons. The Morgan fingerprint density at radius 2 is 1.09 bits per heavy atom. The summed E-state index contributed by atoms with van der Waals surface area (Å²) in [7, 11) is 0. The lowest BCUT2D eigenvalue weighted by molar-refractivity contribution is 1.17. The van der Waals surface area contributed by atoms with Crippen LogP contribution in [0.2, 0.25) is 0 Å². The van der Waals surface area contributed by atoms with Gasteiger partial charge >= 0.3 is 0 Å². The summed E-state index contributed by atoms with van der Waals surface area (Å²) in [6, 6.07) is 48.3. The van der Waals surface area contributed by atoms with Gasteiger partial charge in [-0.3, -0.25) is 4.40 Å². The third kappa shape index (κ3) is 2.97. The van der Waals surface area contributed by atoms with Crippen LogP contribution in [0.15, 0.2) is 146 Å². The summed E-state index contributed by atoms with van der Waals surface area (Å²) in [5, 5.41) is 8.61. The number of rotatable bonds is 2. The van der Waals surface area contributed by atoms with Crippen molar-refractivity contribution in [2.45, 2.75) is 0 Å². The van der Waals surface area contributed by atoms with Crippen molar-refractivity contribution in [1.82, 2.24) is 18.5 Å². The number of nitrogens with zero attached hydrogens (tertiary/aromatic N) is 4. The fourth-order valence-corrected chi connectivity index (χ4v) is 7.32. The zero-order chi connectivity index (χ0) is 28.1. The van der Waals surface area contributed by atoms with E-state index >= 15 is 0 Å². The molecule has 0 spiro atoms. The minimum atomic E-state index is 0.983. The third-order valence-corrected chi connectivity index (χ3v) is 9.07. The molecule has 10 aromatic rings. The quantitative estimate of drug-likeness (QED) is 0.198. The average Bonchev–Trinajstić information content (AvgIpc) is 3.78. The first-order valence-electron chi connectivity index (χ1n) is 14.7. The lowest BCUT2D eigenvalue weighted by Gasteiger charge is -2.11. The van der Waals surface area contributed by atoms with Gasteiger partial charge in [0.15, 0.2) is 0 Å². The lowest BCUT2D eigenvalue weighted by Crippen LogP contribution is -1.95. The van der Waals surface area contributed by atoms with Crippen LogP contribution >= 0.6 is 0 Å². The minimum Gasteiger partial charge on any atom is -0.309 e. The van der Waals surface area contributed by atoms with Crippen molar-refractivity contribution in [3.8, 4) is 11.4 Å². The van der Waals surface area contributed by atoms with Crippen LogP contribution in [0.5, 0.6) is 0 Å². The van der Waals surface area contributed by atoms with Crippen LogP contribution in [0, 0.1) is 0 Å². The molecule has 0 bridgehead atoms. The molecule has 0 amide bonds. The molecule has 43 heavy (non-hydrogen) atoms. The van der Waals surface area contributed by atoms with Crippen molar-refractivity contribution in [1.29, 1.82) is 0 Å². The van der Waals surface area contributed by atoms with E-state index in [1.165, 1.54) is 54.4 Å². The first kappa shape index (κ1) is 22.8. The number of benzene rings is 6. The summed E-state index contributed by atoms with van der Waals surface area (Å²) >= 11 is 0. The van der Waals surface area contributed by atoms with E-state index in [1.54, 1.807) is 0 Å². The fraction of sp³-hybridized carbons (Fsp3) is 0. The Morgan fingerprint density at radius 3 is 1.88 bits per heavy atom. The molecule has 0 aliphatic carbocycles. The summed E-state index contributed by atoms with van der Waals surface area (Å²) in [5.74, 6) is 0. The summed E-state index contributed by atoms with van der Waals surface area (Å²) in [5.41, 5.74) is 9.25. The maximum Gasteiger partial charge on any atom is 0.145 e. The number of hydrogen-bond acceptors (Lipinski definition) is 1. The minimum absolute atomic E-state index is 0.983. The molecule has 4 heteroatoms. The number of pyridine rings is 1. The van der Waals surface area contributed by atoms with Crippen LogP contribution < -0.4 is 0 Å². The zero-order valence-corrected chi connectivity index (χ0v) is 23.1. The summed E-state index contributed by atoms with van der Waals surface area (Å²) in [6.45, 7) is 0. The second-order valence-corrected chi connectivity index (χ2v) is 11.3. The predicted molar refractivity (Wildman–Crippen MR) is 179 cm³/mol. The normalized spacial score (nSPS) is 12.2. The monoisotopic (exact) mass is 548 g/mol. The molecule has 0 aliphatic heterocycles. The molecule has 0 radical (unpaired) electrons. The molecule has 6 aromatic carbocycles. The number of fused-ring (bicyclic) bond motifs is 13. The lowest BCUT2D eigenvalue weighted by atomic mass is 10.0. The maximum absolute atomic E-state index is 4.76. The van der Waals surface area contributed by atoms with Crippen molar-refractivity contribution in [3.63, 3.8) is 0 Å². The average molecular weight is 549 g/mol. The number of para-hydroxylation sites is 3. The molecular weight excluding hydrogens is 524 g/mol. The summed E-state index contributed by atoms with van der Waals surface area (Å²) in [4.78, 5) is 4.76. The van der Waals surface area contributed by atoms with Gasteiger partial charge in [0.2, 0.25) is 0 Å². The van der Waals surface area contributed by atoms with Gasteiger partial charge in [-0.05, 0) is 53.9 Å². The van der Waals surface area contributed by atoms with Crippen LogP contribution in [0.25, 0.3) is 82.3 Å². The number of hydrogen-bond donors (Lipinski definition) is 0. The van der Waals surface area contributed by atoms with E-state index in [2.05, 4.69) is 153 Å². The summed E-state index contributed by atoms with van der Waals surface area (Å²) < 4.78 is 7.11. The van der Waals surface area contributed by atoms with Gasteiger partial charge in [-0.15, -0.1) is 0 Å². The Balaban J connectivity index is 1.51. The largest absolute Gasteiger partial charge is 0.309 e. The molecule has 4 heterocycles. The molecule has 0 N–H and O–H groups in total. The second-order valence-electron chi connectivity index (χ2n) is 11.3. The Hall–Kier alpha value is -5.87. The van der Waals surface area contributed by atoms with Crippen LogP contribution in [0.4, 0.5) is 0 Å². The van der Waals surface area contributed by atoms with Crippen molar-refractivity contribution >= 4 is 70.9 Å². The Bertz CT molecular complexity index is 2710. The standard InChI is InChI=1S/C39H24N4/c1-3-11-25(12-4-1)42-34-20-19-29-28-16-9-10-18-33(28)43(26-13-5-2-6-14-26)38(29)37(34)32-23-31-27-15-7-8-17-30(27)39-40-21-22-41(39)35(31)24-36(32)42/h1-24H. The molecule has 10 rings (SSSR count). The highest BCUT2D eigenvalue weighted by atomic mass is 15.0. The predicted octanol–water partition coefficient (Wildman–Crippen LogP) is 9.83. The van der Waals surface area contributed by atoms with E-state index in [9.17, 15) is 0 Å². The molecule has 0 fully saturated rings. The van der Waals surface area contributed by atoms with Gasteiger partial charge in [-0.1, -0.05) is 84.9 Å². The molecule has 0 aliphatic rings. The van der Waals surface area contributed by atoms with E-state index in [-0.39, 0.29) is 0 Å². The van der Waals surface area contributed by atoms with Crippen LogP contribution in [0.1, 0.15) is 0 Å². The van der Waals surface area contributed by atoms with E-state index in [0.717, 1.165) is 27.9 Å². The molecule has 0 unspecified atom stereocenters. The smallest absolute Gasteiger partial charge is 0.145 e. The van der Waals surface area contributed by atoms with Crippen LogP contribution in [-0.4, -0.2) is 18.5 Å². The number of aromatic nitrogens is 4. The van der Waals surface area contributed by atoms with Gasteiger partial charge in [0.05, 0.1) is 27.6 Å². The first-order valence-corrected chi connectivity index (χ1v) is 14.7. The molecule has 4 nitrogen and oxygen atoms in total. The fourth-order valence-electron chi connectivity index (χ4n) is 7.32. The van der Waals surface area contributed by atoms with Crippen molar-refractivity contribution in [3.05, 3.63) is 146 Å². The van der Waals surface area contributed by atoms with Gasteiger partial charge in [0.25, 0.3) is 0 Å². The van der Waals surface area contributed by atoms with E-state index in [0.29, 0.717) is 0 Å². The highest BCUT2D eigenvalue weighted by Crippen LogP contribution is 2.43. The van der Waals surface area contributed by atoms with Crippen LogP contribution in [0.3, 0.4) is 0 Å². The highest BCUT2D eigenvalue weighted by molar-refractivity contribution is 6.28. The first-order chi connectivity index (χ1) is 21.4. The molecule has 0 atom stereocenters. The maximum atomic E-state index is 4.76. The second kappa shape index (κ2) is 8.34. The third-order valence-electron chi connectivity index (χ3n) is 9.07. The Kier molecular flexibility index (Phi) is 4.42. The summed E-state index contributed by atoms with van der Waals surface area (Å²) in [6.07, 6.45) is 3.98. The number of imidazole rings is 1. The van der Waals surface area contributed by atoms with E-state index < -0.39 is 0 Å². The molecule has 0 saturated heterocycles. The van der Waals surface area contributed by atoms with Crippen molar-refractivity contribution in [2.75, 3.05) is 0 Å². The zero-order valence-electron chi connectivity index (χ0n) is 23.1. The van der Waals surface area contributed by atoms with Gasteiger partial charge < -0.3 is 9.13 Å². The molecule has 4 aromatic heterocycles. The highest BCUT2D eigenvalue weighted by Gasteiger charge is 2.22. The van der Waals surface area contributed by atoms with Gasteiger partial charge in [0, 0.05) is 56.1 Å². The van der Waals surface area contributed by atoms with Gasteiger partial charge in [-0.25, -0.2) is 4.98 Å². The van der Waals surface area contributed by atoms with Gasteiger partial charge in [-0.2, -0.15) is 0 Å². The molecular formula is C39H24N4. The Morgan fingerprint density at radius 1 is 0.419 bits per heavy atom. The SMILES string of the molecule is c1ccc(-n2c3cc4c(cc3c3c2ccc2c5ccccc5n(-c5ccccc5)c23)c2ccccc2c2nccn42)cc1.